The number of rotatable bonds is 8. The highest BCUT2D eigenvalue weighted by Gasteiger charge is 2.27. The van der Waals surface area contributed by atoms with E-state index in [-0.39, 0.29) is 24.5 Å². The van der Waals surface area contributed by atoms with E-state index in [9.17, 15) is 9.59 Å². The van der Waals surface area contributed by atoms with Crippen molar-refractivity contribution in [2.24, 2.45) is 0 Å². The standard InChI is InChI=1S/C23H30N2O3/c1-16(2)24-23(27)19(5)25(14-20-9-7-6-8-18(20)4)22(26)15-28-21-12-10-17(3)11-13-21/h6-13,16,19H,14-15H2,1-5H3,(H,24,27). The Morgan fingerprint density at radius 3 is 2.25 bits per heavy atom. The van der Waals surface area contributed by atoms with Crippen molar-refractivity contribution in [3.05, 3.63) is 65.2 Å². The first-order valence-corrected chi connectivity index (χ1v) is 9.61. The summed E-state index contributed by atoms with van der Waals surface area (Å²) in [5, 5.41) is 2.88. The van der Waals surface area contributed by atoms with Gasteiger partial charge in [0.2, 0.25) is 5.91 Å². The monoisotopic (exact) mass is 382 g/mol. The van der Waals surface area contributed by atoms with Crippen LogP contribution in [0, 0.1) is 13.8 Å². The Morgan fingerprint density at radius 1 is 1.00 bits per heavy atom. The maximum absolute atomic E-state index is 13.0. The molecule has 0 aliphatic heterocycles. The fourth-order valence-corrected chi connectivity index (χ4v) is 2.82. The summed E-state index contributed by atoms with van der Waals surface area (Å²) in [7, 11) is 0. The minimum Gasteiger partial charge on any atom is -0.484 e. The molecule has 2 aromatic rings. The summed E-state index contributed by atoms with van der Waals surface area (Å²) in [5.41, 5.74) is 3.21. The summed E-state index contributed by atoms with van der Waals surface area (Å²) < 4.78 is 5.66. The van der Waals surface area contributed by atoms with Gasteiger partial charge in [-0.25, -0.2) is 0 Å². The van der Waals surface area contributed by atoms with Crippen molar-refractivity contribution >= 4 is 11.8 Å². The number of benzene rings is 2. The summed E-state index contributed by atoms with van der Waals surface area (Å²) in [6, 6.07) is 14.8. The SMILES string of the molecule is Cc1ccc(OCC(=O)N(Cc2ccccc2C)C(C)C(=O)NC(C)C)cc1. The van der Waals surface area contributed by atoms with Crippen LogP contribution in [0.25, 0.3) is 0 Å². The van der Waals surface area contributed by atoms with E-state index in [1.54, 1.807) is 11.8 Å². The zero-order chi connectivity index (χ0) is 20.7. The molecule has 0 saturated carbocycles. The molecule has 28 heavy (non-hydrogen) atoms. The molecule has 150 valence electrons. The van der Waals surface area contributed by atoms with Crippen LogP contribution >= 0.6 is 0 Å². The molecule has 0 fully saturated rings. The number of hydrogen-bond donors (Lipinski definition) is 1. The number of aryl methyl sites for hydroxylation is 2. The van der Waals surface area contributed by atoms with Gasteiger partial charge < -0.3 is 15.0 Å². The normalized spacial score (nSPS) is 11.8. The fourth-order valence-electron chi connectivity index (χ4n) is 2.82. The van der Waals surface area contributed by atoms with Gasteiger partial charge in [0.15, 0.2) is 6.61 Å². The quantitative estimate of drug-likeness (QED) is 0.759. The second kappa shape index (κ2) is 9.93. The Balaban J connectivity index is 2.15. The third-order valence-corrected chi connectivity index (χ3v) is 4.58. The Labute approximate surface area is 167 Å². The van der Waals surface area contributed by atoms with E-state index in [0.29, 0.717) is 12.3 Å². The minimum absolute atomic E-state index is 0.00849. The fraction of sp³-hybridized carbons (Fsp3) is 0.391. The second-order valence-electron chi connectivity index (χ2n) is 7.39. The molecular formula is C23H30N2O3. The van der Waals surface area contributed by atoms with Gasteiger partial charge in [-0.15, -0.1) is 0 Å². The van der Waals surface area contributed by atoms with E-state index in [2.05, 4.69) is 5.32 Å². The number of amides is 2. The third-order valence-electron chi connectivity index (χ3n) is 4.58. The van der Waals surface area contributed by atoms with Gasteiger partial charge in [-0.05, 0) is 57.9 Å². The molecule has 0 aliphatic carbocycles. The molecule has 0 aliphatic rings. The van der Waals surface area contributed by atoms with Gasteiger partial charge >= 0.3 is 0 Å². The van der Waals surface area contributed by atoms with Crippen LogP contribution in [0.3, 0.4) is 0 Å². The number of ether oxygens (including phenoxy) is 1. The summed E-state index contributed by atoms with van der Waals surface area (Å²) in [6.45, 7) is 9.79. The van der Waals surface area contributed by atoms with Crippen LogP contribution in [-0.4, -0.2) is 35.4 Å². The molecule has 0 aromatic heterocycles. The van der Waals surface area contributed by atoms with Crippen molar-refractivity contribution in [1.29, 1.82) is 0 Å². The molecule has 1 unspecified atom stereocenters. The van der Waals surface area contributed by atoms with E-state index >= 15 is 0 Å². The molecule has 2 amide bonds. The van der Waals surface area contributed by atoms with Gasteiger partial charge in [-0.3, -0.25) is 9.59 Å². The number of carbonyl (C=O) groups is 2. The molecule has 0 bridgehead atoms. The molecule has 0 radical (unpaired) electrons. The number of hydrogen-bond acceptors (Lipinski definition) is 3. The molecule has 2 rings (SSSR count). The lowest BCUT2D eigenvalue weighted by Crippen LogP contribution is -2.50. The Morgan fingerprint density at radius 2 is 1.64 bits per heavy atom. The highest BCUT2D eigenvalue weighted by atomic mass is 16.5. The van der Waals surface area contributed by atoms with Crippen LogP contribution in [0.15, 0.2) is 48.5 Å². The molecule has 0 spiro atoms. The topological polar surface area (TPSA) is 58.6 Å². The van der Waals surface area contributed by atoms with Gasteiger partial charge in [0, 0.05) is 12.6 Å². The van der Waals surface area contributed by atoms with Crippen LogP contribution in [0.2, 0.25) is 0 Å². The van der Waals surface area contributed by atoms with Crippen LogP contribution in [0.5, 0.6) is 5.75 Å². The lowest BCUT2D eigenvalue weighted by Gasteiger charge is -2.29. The van der Waals surface area contributed by atoms with Gasteiger partial charge in [0.05, 0.1) is 0 Å². The largest absolute Gasteiger partial charge is 0.484 e. The predicted molar refractivity (Wildman–Crippen MR) is 111 cm³/mol. The van der Waals surface area contributed by atoms with Crippen LogP contribution < -0.4 is 10.1 Å². The molecule has 0 heterocycles. The van der Waals surface area contributed by atoms with E-state index in [0.717, 1.165) is 16.7 Å². The van der Waals surface area contributed by atoms with Crippen LogP contribution in [-0.2, 0) is 16.1 Å². The minimum atomic E-state index is -0.601. The summed E-state index contributed by atoms with van der Waals surface area (Å²) >= 11 is 0. The lowest BCUT2D eigenvalue weighted by molar-refractivity contribution is -0.142. The Kier molecular flexibility index (Phi) is 7.61. The first kappa shape index (κ1) is 21.5. The van der Waals surface area contributed by atoms with E-state index < -0.39 is 6.04 Å². The van der Waals surface area contributed by atoms with Gasteiger partial charge in [0.25, 0.3) is 5.91 Å². The Hall–Kier alpha value is -2.82. The lowest BCUT2D eigenvalue weighted by atomic mass is 10.1. The molecule has 5 heteroatoms. The predicted octanol–water partition coefficient (Wildman–Crippen LogP) is 3.62. The van der Waals surface area contributed by atoms with E-state index in [4.69, 9.17) is 4.74 Å². The van der Waals surface area contributed by atoms with Crippen LogP contribution in [0.1, 0.15) is 37.5 Å². The molecule has 0 saturated heterocycles. The summed E-state index contributed by atoms with van der Waals surface area (Å²) in [5.74, 6) is 0.233. The highest BCUT2D eigenvalue weighted by Crippen LogP contribution is 2.15. The maximum atomic E-state index is 13.0. The van der Waals surface area contributed by atoms with Crippen molar-refractivity contribution in [3.8, 4) is 5.75 Å². The average molecular weight is 383 g/mol. The Bertz CT molecular complexity index is 800. The first-order chi connectivity index (χ1) is 13.3. The van der Waals surface area contributed by atoms with Crippen LogP contribution in [0.4, 0.5) is 0 Å². The zero-order valence-electron chi connectivity index (χ0n) is 17.4. The molecule has 2 aromatic carbocycles. The van der Waals surface area contributed by atoms with E-state index in [1.807, 2.05) is 76.2 Å². The highest BCUT2D eigenvalue weighted by molar-refractivity contribution is 5.88. The van der Waals surface area contributed by atoms with Crippen molar-refractivity contribution in [2.75, 3.05) is 6.61 Å². The molecular weight excluding hydrogens is 352 g/mol. The van der Waals surface area contributed by atoms with Crippen molar-refractivity contribution in [3.63, 3.8) is 0 Å². The maximum Gasteiger partial charge on any atom is 0.261 e. The van der Waals surface area contributed by atoms with E-state index in [1.165, 1.54) is 0 Å². The first-order valence-electron chi connectivity index (χ1n) is 9.61. The number of carbonyl (C=O) groups excluding carboxylic acids is 2. The summed E-state index contributed by atoms with van der Waals surface area (Å²) in [4.78, 5) is 27.1. The molecule has 1 atom stereocenters. The second-order valence-corrected chi connectivity index (χ2v) is 7.39. The average Bonchev–Trinajstić information content (AvgIpc) is 2.65. The number of nitrogens with zero attached hydrogens (tertiary/aromatic N) is 1. The number of nitrogens with one attached hydrogen (secondary N) is 1. The van der Waals surface area contributed by atoms with Crippen molar-refractivity contribution in [1.82, 2.24) is 10.2 Å². The van der Waals surface area contributed by atoms with Crippen molar-refractivity contribution in [2.45, 2.75) is 53.2 Å². The third kappa shape index (κ3) is 6.12. The summed E-state index contributed by atoms with van der Waals surface area (Å²) in [6.07, 6.45) is 0. The van der Waals surface area contributed by atoms with Gasteiger partial charge in [-0.2, -0.15) is 0 Å². The smallest absolute Gasteiger partial charge is 0.261 e. The van der Waals surface area contributed by atoms with Gasteiger partial charge in [-0.1, -0.05) is 42.0 Å². The van der Waals surface area contributed by atoms with Crippen molar-refractivity contribution < 1.29 is 14.3 Å². The van der Waals surface area contributed by atoms with Gasteiger partial charge in [0.1, 0.15) is 11.8 Å². The molecule has 5 nitrogen and oxygen atoms in total. The zero-order valence-corrected chi connectivity index (χ0v) is 17.4. The molecule has 1 N–H and O–H groups in total.